The van der Waals surface area contributed by atoms with Crippen LogP contribution in [0.2, 0.25) is 5.02 Å². The average molecular weight is 538 g/mol. The normalized spacial score (nSPS) is 16.0. The van der Waals surface area contributed by atoms with E-state index in [1.54, 1.807) is 35.7 Å². The van der Waals surface area contributed by atoms with E-state index in [9.17, 15) is 24.8 Å². The van der Waals surface area contributed by atoms with Gasteiger partial charge in [0.2, 0.25) is 5.78 Å². The molecule has 1 N–H and O–H groups in total. The van der Waals surface area contributed by atoms with E-state index in [2.05, 4.69) is 4.98 Å². The van der Waals surface area contributed by atoms with Crippen LogP contribution in [0, 0.1) is 10.1 Å². The van der Waals surface area contributed by atoms with Gasteiger partial charge in [0, 0.05) is 27.4 Å². The van der Waals surface area contributed by atoms with Crippen LogP contribution >= 0.6 is 34.3 Å². The summed E-state index contributed by atoms with van der Waals surface area (Å²) < 4.78 is 6.21. The molecule has 9 nitrogen and oxygen atoms in total. The minimum atomic E-state index is -0.961. The molecule has 5 aromatic rings. The highest BCUT2D eigenvalue weighted by Crippen LogP contribution is 2.46. The van der Waals surface area contributed by atoms with Crippen LogP contribution in [0.4, 0.5) is 10.8 Å². The Bertz CT molecular complexity index is 1750. The number of amides is 1. The summed E-state index contributed by atoms with van der Waals surface area (Å²) in [5.41, 5.74) is 0.635. The number of fused-ring (bicyclic) bond motifs is 2. The van der Waals surface area contributed by atoms with Gasteiger partial charge in [0.25, 0.3) is 11.6 Å². The summed E-state index contributed by atoms with van der Waals surface area (Å²) in [6, 6.07) is 13.2. The van der Waals surface area contributed by atoms with Gasteiger partial charge in [0.15, 0.2) is 16.7 Å². The summed E-state index contributed by atoms with van der Waals surface area (Å²) >= 11 is 8.41. The van der Waals surface area contributed by atoms with Crippen LogP contribution in [0.5, 0.6) is 0 Å². The number of ketones is 1. The first kappa shape index (κ1) is 22.4. The summed E-state index contributed by atoms with van der Waals surface area (Å²) in [6.07, 6.45) is 0. The molecule has 1 atom stereocenters. The van der Waals surface area contributed by atoms with Crippen molar-refractivity contribution in [2.75, 3.05) is 4.90 Å². The first-order chi connectivity index (χ1) is 17.3. The highest BCUT2D eigenvalue weighted by atomic mass is 35.5. The van der Waals surface area contributed by atoms with Gasteiger partial charge >= 0.3 is 0 Å². The number of aromatic nitrogens is 1. The van der Waals surface area contributed by atoms with Crippen molar-refractivity contribution >= 4 is 78.0 Å². The first-order valence-corrected chi connectivity index (χ1v) is 12.5. The number of nitro benzene ring substituents is 1. The monoisotopic (exact) mass is 537 g/mol. The van der Waals surface area contributed by atoms with Gasteiger partial charge in [-0.05, 0) is 41.8 Å². The molecule has 178 valence electrons. The predicted molar refractivity (Wildman–Crippen MR) is 136 cm³/mol. The van der Waals surface area contributed by atoms with Crippen molar-refractivity contribution in [3.8, 4) is 0 Å². The molecule has 0 saturated heterocycles. The molecule has 1 aliphatic rings. The number of furan rings is 1. The van der Waals surface area contributed by atoms with E-state index in [1.165, 1.54) is 40.5 Å². The van der Waals surface area contributed by atoms with Crippen LogP contribution in [-0.4, -0.2) is 26.7 Å². The second kappa shape index (κ2) is 8.26. The Labute approximate surface area is 214 Å². The largest absolute Gasteiger partial charge is 0.503 e. The summed E-state index contributed by atoms with van der Waals surface area (Å²) in [4.78, 5) is 43.9. The Hall–Kier alpha value is -4.06. The van der Waals surface area contributed by atoms with Gasteiger partial charge in [-0.15, -0.1) is 11.3 Å². The summed E-state index contributed by atoms with van der Waals surface area (Å²) in [5.74, 6) is -2.21. The van der Waals surface area contributed by atoms with Gasteiger partial charge in [-0.1, -0.05) is 29.0 Å². The molecule has 12 heteroatoms. The maximum atomic E-state index is 13.6. The topological polar surface area (TPSA) is 127 Å². The fraction of sp³-hybridized carbons (Fsp3) is 0.0417. The highest BCUT2D eigenvalue weighted by Gasteiger charge is 2.47. The summed E-state index contributed by atoms with van der Waals surface area (Å²) in [6.45, 7) is 0. The molecule has 6 rings (SSSR count). The molecule has 0 aliphatic carbocycles. The van der Waals surface area contributed by atoms with E-state index in [-0.39, 0.29) is 22.2 Å². The number of Topliss-reactive ketones (excluding diaryl/α,β-unsaturated/α-hetero) is 1. The van der Waals surface area contributed by atoms with Crippen molar-refractivity contribution in [1.29, 1.82) is 0 Å². The molecule has 0 saturated carbocycles. The Kier molecular flexibility index (Phi) is 5.14. The predicted octanol–water partition coefficient (Wildman–Crippen LogP) is 6.45. The lowest BCUT2D eigenvalue weighted by Crippen LogP contribution is -2.30. The number of nitrogens with zero attached hydrogens (tertiary/aromatic N) is 3. The zero-order valence-corrected chi connectivity index (χ0v) is 20.3. The molecule has 1 amide bonds. The Morgan fingerprint density at radius 1 is 1.19 bits per heavy atom. The molecule has 3 aromatic heterocycles. The second-order valence-electron chi connectivity index (χ2n) is 7.88. The molecule has 0 bridgehead atoms. The van der Waals surface area contributed by atoms with Crippen LogP contribution in [0.1, 0.15) is 21.5 Å². The van der Waals surface area contributed by atoms with Gasteiger partial charge in [-0.25, -0.2) is 4.98 Å². The third kappa shape index (κ3) is 3.48. The van der Waals surface area contributed by atoms with Crippen molar-refractivity contribution < 1.29 is 24.0 Å². The number of hydrogen-bond acceptors (Lipinski definition) is 9. The third-order valence-corrected chi connectivity index (χ3v) is 7.92. The molecule has 0 radical (unpaired) electrons. The fourth-order valence-electron chi connectivity index (χ4n) is 4.13. The summed E-state index contributed by atoms with van der Waals surface area (Å²) in [7, 11) is 0. The molecule has 1 unspecified atom stereocenters. The van der Waals surface area contributed by atoms with E-state index < -0.39 is 28.4 Å². The van der Waals surface area contributed by atoms with Crippen LogP contribution in [0.15, 0.2) is 75.7 Å². The number of aliphatic hydroxyl groups is 1. The van der Waals surface area contributed by atoms with Crippen molar-refractivity contribution in [3.05, 3.63) is 97.1 Å². The van der Waals surface area contributed by atoms with Crippen LogP contribution in [0.3, 0.4) is 0 Å². The van der Waals surface area contributed by atoms with Crippen molar-refractivity contribution in [3.63, 3.8) is 0 Å². The van der Waals surface area contributed by atoms with Gasteiger partial charge in [0.1, 0.15) is 11.6 Å². The minimum Gasteiger partial charge on any atom is -0.503 e. The number of non-ortho nitro benzene ring substituents is 1. The Morgan fingerprint density at radius 2 is 2.03 bits per heavy atom. The van der Waals surface area contributed by atoms with Gasteiger partial charge in [0.05, 0.1) is 20.7 Å². The number of thiazole rings is 1. The molecule has 36 heavy (non-hydrogen) atoms. The number of thiophene rings is 1. The van der Waals surface area contributed by atoms with E-state index in [4.69, 9.17) is 16.0 Å². The number of carbonyl (C=O) groups is 2. The number of nitro groups is 1. The molecular weight excluding hydrogens is 526 g/mol. The van der Waals surface area contributed by atoms with E-state index >= 15 is 0 Å². The maximum Gasteiger partial charge on any atom is 0.296 e. The molecule has 0 fully saturated rings. The summed E-state index contributed by atoms with van der Waals surface area (Å²) in [5, 5.41) is 25.1. The first-order valence-electron chi connectivity index (χ1n) is 10.4. The molecular formula is C24H12ClN3O6S2. The van der Waals surface area contributed by atoms with Gasteiger partial charge < -0.3 is 9.52 Å². The van der Waals surface area contributed by atoms with Crippen LogP contribution < -0.4 is 4.90 Å². The molecule has 0 spiro atoms. The smallest absolute Gasteiger partial charge is 0.296 e. The number of anilines is 1. The lowest BCUT2D eigenvalue weighted by atomic mass is 10.0. The van der Waals surface area contributed by atoms with Crippen molar-refractivity contribution in [2.45, 2.75) is 6.04 Å². The van der Waals surface area contributed by atoms with Crippen LogP contribution in [-0.2, 0) is 4.79 Å². The van der Waals surface area contributed by atoms with E-state index in [1.807, 2.05) is 0 Å². The van der Waals surface area contributed by atoms with E-state index in [0.29, 0.717) is 31.1 Å². The number of hydrogen-bond donors (Lipinski definition) is 1. The maximum absolute atomic E-state index is 13.6. The highest BCUT2D eigenvalue weighted by molar-refractivity contribution is 7.22. The Morgan fingerprint density at radius 3 is 2.78 bits per heavy atom. The average Bonchev–Trinajstić information content (AvgIpc) is 3.63. The zero-order valence-electron chi connectivity index (χ0n) is 17.9. The lowest BCUT2D eigenvalue weighted by molar-refractivity contribution is -0.384. The van der Waals surface area contributed by atoms with Crippen LogP contribution in [0.25, 0.3) is 21.2 Å². The second-order valence-corrected chi connectivity index (χ2v) is 10.3. The number of carbonyl (C=O) groups excluding carboxylic acids is 2. The zero-order chi connectivity index (χ0) is 25.1. The van der Waals surface area contributed by atoms with Crippen molar-refractivity contribution in [1.82, 2.24) is 4.98 Å². The number of aliphatic hydroxyl groups excluding tert-OH is 1. The minimum absolute atomic E-state index is 0.0510. The Balaban J connectivity index is 1.47. The van der Waals surface area contributed by atoms with Gasteiger partial charge in [-0.2, -0.15) is 0 Å². The van der Waals surface area contributed by atoms with E-state index in [0.717, 1.165) is 11.3 Å². The van der Waals surface area contributed by atoms with Crippen molar-refractivity contribution in [2.24, 2.45) is 0 Å². The standard InChI is InChI=1S/C24H12ClN3O6S2/c25-12-3-6-15-11(8-12)9-16(34-15)21(29)19-20(17-2-1-7-35-17)27(23(31)22(19)30)24-26-14-5-4-13(28(32)33)10-18(14)36-24/h1-10,20,30H. The molecule has 2 aromatic carbocycles. The molecule has 4 heterocycles. The number of halogens is 1. The number of rotatable bonds is 5. The third-order valence-electron chi connectivity index (χ3n) is 5.75. The molecule has 1 aliphatic heterocycles. The lowest BCUT2D eigenvalue weighted by Gasteiger charge is -2.22. The number of benzene rings is 2. The fourth-order valence-corrected chi connectivity index (χ4v) is 6.16. The van der Waals surface area contributed by atoms with Gasteiger partial charge in [-0.3, -0.25) is 24.6 Å². The quantitative estimate of drug-likeness (QED) is 0.155. The SMILES string of the molecule is O=C(C1=C(O)C(=O)N(c2nc3ccc([N+](=O)[O-])cc3s2)C1c1cccs1)c1cc2cc(Cl)ccc2o1.